The highest BCUT2D eigenvalue weighted by Crippen LogP contribution is 2.32. The van der Waals surface area contributed by atoms with Crippen LogP contribution in [-0.2, 0) is 0 Å². The van der Waals surface area contributed by atoms with Crippen molar-refractivity contribution in [1.29, 1.82) is 0 Å². The first kappa shape index (κ1) is 16.9. The Kier molecular flexibility index (Phi) is 5.81. The van der Waals surface area contributed by atoms with Gasteiger partial charge >= 0.3 is 0 Å². The molecule has 1 saturated heterocycles. The molecule has 1 aromatic heterocycles. The highest BCUT2D eigenvalue weighted by Gasteiger charge is 2.33. The number of nitrogens with zero attached hydrogens (tertiary/aromatic N) is 2. The van der Waals surface area contributed by atoms with E-state index < -0.39 is 0 Å². The van der Waals surface area contributed by atoms with Crippen molar-refractivity contribution >= 4 is 11.3 Å². The quantitative estimate of drug-likeness (QED) is 0.893. The molecule has 21 heavy (non-hydrogen) atoms. The van der Waals surface area contributed by atoms with E-state index in [0.717, 1.165) is 19.0 Å². The summed E-state index contributed by atoms with van der Waals surface area (Å²) >= 11 is 1.87. The van der Waals surface area contributed by atoms with E-state index in [0.29, 0.717) is 18.1 Å². The lowest BCUT2D eigenvalue weighted by molar-refractivity contribution is 0.0716. The molecule has 0 aliphatic carbocycles. The summed E-state index contributed by atoms with van der Waals surface area (Å²) in [6.07, 6.45) is 2.46. The lowest BCUT2D eigenvalue weighted by Crippen LogP contribution is -2.58. The molecule has 1 fully saturated rings. The Hall–Kier alpha value is -0.450. The maximum absolute atomic E-state index is 4.62. The predicted octanol–water partition coefficient (Wildman–Crippen LogP) is 3.92. The van der Waals surface area contributed by atoms with E-state index in [2.05, 4.69) is 56.7 Å². The van der Waals surface area contributed by atoms with Crippen LogP contribution in [0.3, 0.4) is 0 Å². The SMILES string of the molecule is CCC(C)C1CN(C(C)c2sc(C)nc2C)C(CC)CN1. The third-order valence-corrected chi connectivity index (χ3v) is 6.35. The van der Waals surface area contributed by atoms with Crippen molar-refractivity contribution in [3.05, 3.63) is 15.6 Å². The Morgan fingerprint density at radius 3 is 2.57 bits per heavy atom. The van der Waals surface area contributed by atoms with Crippen molar-refractivity contribution in [2.75, 3.05) is 13.1 Å². The second-order valence-electron chi connectivity index (χ2n) is 6.52. The topological polar surface area (TPSA) is 28.2 Å². The van der Waals surface area contributed by atoms with Crippen molar-refractivity contribution in [3.63, 3.8) is 0 Å². The Bertz CT molecular complexity index is 457. The molecule has 2 heterocycles. The molecular formula is C17H31N3S. The average Bonchev–Trinajstić information content (AvgIpc) is 2.83. The summed E-state index contributed by atoms with van der Waals surface area (Å²) in [5, 5.41) is 4.96. The van der Waals surface area contributed by atoms with Crippen LogP contribution in [0.1, 0.15) is 62.2 Å². The maximum atomic E-state index is 4.62. The first-order chi connectivity index (χ1) is 9.97. The second-order valence-corrected chi connectivity index (χ2v) is 7.75. The van der Waals surface area contributed by atoms with Gasteiger partial charge in [-0.2, -0.15) is 0 Å². The summed E-state index contributed by atoms with van der Waals surface area (Å²) in [7, 11) is 0. The van der Waals surface area contributed by atoms with Crippen molar-refractivity contribution in [3.8, 4) is 0 Å². The van der Waals surface area contributed by atoms with Gasteiger partial charge < -0.3 is 5.32 Å². The van der Waals surface area contributed by atoms with Crippen LogP contribution in [-0.4, -0.2) is 35.1 Å². The minimum absolute atomic E-state index is 0.481. The number of hydrogen-bond acceptors (Lipinski definition) is 4. The van der Waals surface area contributed by atoms with E-state index in [1.165, 1.54) is 28.4 Å². The molecule has 0 bridgehead atoms. The lowest BCUT2D eigenvalue weighted by Gasteiger charge is -2.45. The molecule has 120 valence electrons. The molecule has 4 unspecified atom stereocenters. The van der Waals surface area contributed by atoms with Crippen molar-refractivity contribution in [2.24, 2.45) is 5.92 Å². The zero-order valence-corrected chi connectivity index (χ0v) is 15.3. The van der Waals surface area contributed by atoms with E-state index in [9.17, 15) is 0 Å². The molecule has 0 amide bonds. The molecule has 0 spiro atoms. The van der Waals surface area contributed by atoms with Gasteiger partial charge in [-0.15, -0.1) is 11.3 Å². The van der Waals surface area contributed by atoms with E-state index in [-0.39, 0.29) is 0 Å². The minimum Gasteiger partial charge on any atom is -0.311 e. The summed E-state index contributed by atoms with van der Waals surface area (Å²) in [5.74, 6) is 0.738. The van der Waals surface area contributed by atoms with Gasteiger partial charge in [0.15, 0.2) is 0 Å². The number of nitrogens with one attached hydrogen (secondary N) is 1. The second kappa shape index (κ2) is 7.21. The molecule has 1 N–H and O–H groups in total. The smallest absolute Gasteiger partial charge is 0.0900 e. The molecule has 3 nitrogen and oxygen atoms in total. The average molecular weight is 310 g/mol. The Morgan fingerprint density at radius 1 is 1.33 bits per heavy atom. The van der Waals surface area contributed by atoms with E-state index in [1.54, 1.807) is 0 Å². The summed E-state index contributed by atoms with van der Waals surface area (Å²) in [5.41, 5.74) is 1.22. The molecule has 0 radical (unpaired) electrons. The third-order valence-electron chi connectivity index (χ3n) is 5.11. The maximum Gasteiger partial charge on any atom is 0.0900 e. The highest BCUT2D eigenvalue weighted by atomic mass is 32.1. The molecule has 4 heteroatoms. The fourth-order valence-electron chi connectivity index (χ4n) is 3.45. The van der Waals surface area contributed by atoms with Crippen LogP contribution in [0, 0.1) is 19.8 Å². The van der Waals surface area contributed by atoms with Crippen LogP contribution in [0.25, 0.3) is 0 Å². The van der Waals surface area contributed by atoms with Gasteiger partial charge in [-0.1, -0.05) is 27.2 Å². The van der Waals surface area contributed by atoms with Crippen molar-refractivity contribution < 1.29 is 0 Å². The lowest BCUT2D eigenvalue weighted by atomic mass is 9.93. The fraction of sp³-hybridized carbons (Fsp3) is 0.824. The Morgan fingerprint density at radius 2 is 2.05 bits per heavy atom. The summed E-state index contributed by atoms with van der Waals surface area (Å²) in [6.45, 7) is 15.9. The first-order valence-electron chi connectivity index (χ1n) is 8.40. The highest BCUT2D eigenvalue weighted by molar-refractivity contribution is 7.11. The standard InChI is InChI=1S/C17H31N3S/c1-7-11(3)16-10-20(15(8-2)9-18-16)13(5)17-12(4)19-14(6)21-17/h11,13,15-16,18H,7-10H2,1-6H3. The van der Waals surface area contributed by atoms with Crippen LogP contribution >= 0.6 is 11.3 Å². The number of rotatable bonds is 5. The monoisotopic (exact) mass is 309 g/mol. The molecule has 2 rings (SSSR count). The van der Waals surface area contributed by atoms with E-state index in [1.807, 2.05) is 11.3 Å². The number of piperazine rings is 1. The van der Waals surface area contributed by atoms with Gasteiger partial charge in [0, 0.05) is 36.1 Å². The van der Waals surface area contributed by atoms with Crippen molar-refractivity contribution in [2.45, 2.75) is 72.5 Å². The normalized spacial score (nSPS) is 26.8. The van der Waals surface area contributed by atoms with E-state index >= 15 is 0 Å². The van der Waals surface area contributed by atoms with Gasteiger partial charge in [0.1, 0.15) is 0 Å². The molecule has 1 aliphatic rings. The van der Waals surface area contributed by atoms with E-state index in [4.69, 9.17) is 0 Å². The van der Waals surface area contributed by atoms with Gasteiger partial charge in [-0.05, 0) is 33.1 Å². The van der Waals surface area contributed by atoms with Crippen LogP contribution in [0.15, 0.2) is 0 Å². The summed E-state index contributed by atoms with van der Waals surface area (Å²) in [6, 6.07) is 1.74. The zero-order valence-electron chi connectivity index (χ0n) is 14.4. The number of hydrogen-bond donors (Lipinski definition) is 1. The number of thiazole rings is 1. The van der Waals surface area contributed by atoms with Gasteiger partial charge in [0.25, 0.3) is 0 Å². The molecule has 4 atom stereocenters. The van der Waals surface area contributed by atoms with Crippen LogP contribution < -0.4 is 5.32 Å². The predicted molar refractivity (Wildman–Crippen MR) is 92.0 cm³/mol. The fourth-order valence-corrected chi connectivity index (χ4v) is 4.45. The van der Waals surface area contributed by atoms with Gasteiger partial charge in [-0.3, -0.25) is 4.90 Å². The van der Waals surface area contributed by atoms with Gasteiger partial charge in [0.05, 0.1) is 10.7 Å². The summed E-state index contributed by atoms with van der Waals surface area (Å²) < 4.78 is 0. The molecular weight excluding hydrogens is 278 g/mol. The Balaban J connectivity index is 2.18. The zero-order chi connectivity index (χ0) is 15.6. The van der Waals surface area contributed by atoms with Gasteiger partial charge in [0.2, 0.25) is 0 Å². The van der Waals surface area contributed by atoms with Crippen molar-refractivity contribution in [1.82, 2.24) is 15.2 Å². The largest absolute Gasteiger partial charge is 0.311 e. The van der Waals surface area contributed by atoms with Crippen LogP contribution in [0.4, 0.5) is 0 Å². The first-order valence-corrected chi connectivity index (χ1v) is 9.22. The number of aryl methyl sites for hydroxylation is 2. The van der Waals surface area contributed by atoms with Crippen LogP contribution in [0.5, 0.6) is 0 Å². The third kappa shape index (κ3) is 3.66. The Labute approximate surface area is 134 Å². The minimum atomic E-state index is 0.481. The van der Waals surface area contributed by atoms with Crippen LogP contribution in [0.2, 0.25) is 0 Å². The van der Waals surface area contributed by atoms with Gasteiger partial charge in [-0.25, -0.2) is 4.98 Å². The molecule has 0 saturated carbocycles. The summed E-state index contributed by atoms with van der Waals surface area (Å²) in [4.78, 5) is 8.79. The molecule has 1 aliphatic heterocycles. The molecule has 1 aromatic rings. The molecule has 0 aromatic carbocycles. The number of aromatic nitrogens is 1.